The first kappa shape index (κ1) is 18.7. The number of carbonyl (C=O) groups is 2. The van der Waals surface area contributed by atoms with Gasteiger partial charge in [0.1, 0.15) is 23.0 Å². The Morgan fingerprint density at radius 1 is 1.10 bits per heavy atom. The number of amides is 2. The summed E-state index contributed by atoms with van der Waals surface area (Å²) in [4.78, 5) is 35.4. The van der Waals surface area contributed by atoms with Gasteiger partial charge in [0.15, 0.2) is 0 Å². The normalized spacial score (nSPS) is 13.1. The van der Waals surface area contributed by atoms with Crippen LogP contribution in [-0.2, 0) is 24.1 Å². The lowest BCUT2D eigenvalue weighted by atomic mass is 9.97. The third-order valence-corrected chi connectivity index (χ3v) is 4.73. The molecule has 1 N–H and O–H groups in total. The van der Waals surface area contributed by atoms with E-state index in [-0.39, 0.29) is 17.7 Å². The second-order valence-corrected chi connectivity index (χ2v) is 6.70. The Balaban J connectivity index is 1.45. The number of nitrogens with one attached hydrogen (secondary N) is 1. The third-order valence-electron chi connectivity index (χ3n) is 4.73. The Morgan fingerprint density at radius 3 is 2.66 bits per heavy atom. The molecule has 0 saturated heterocycles. The molecule has 0 saturated carbocycles. The monoisotopic (exact) mass is 394 g/mol. The molecule has 0 atom stereocenters. The molecule has 0 spiro atoms. The number of aromatic nitrogens is 1. The molecule has 0 bridgehead atoms. The van der Waals surface area contributed by atoms with Gasteiger partial charge in [-0.25, -0.2) is 4.79 Å². The van der Waals surface area contributed by atoms with E-state index >= 15 is 0 Å². The summed E-state index contributed by atoms with van der Waals surface area (Å²) in [7, 11) is 1.61. The summed E-state index contributed by atoms with van der Waals surface area (Å²) in [5.41, 5.74) is 1.91. The molecule has 2 amide bonds. The number of methoxy groups -OCH3 is 1. The molecule has 0 unspecified atom stereocenters. The molecule has 1 aromatic carbocycles. The summed E-state index contributed by atoms with van der Waals surface area (Å²) in [5.74, 6) is 0.584. The van der Waals surface area contributed by atoms with E-state index in [9.17, 15) is 14.4 Å². The molecule has 1 aliphatic rings. The molecule has 0 fully saturated rings. The van der Waals surface area contributed by atoms with E-state index in [2.05, 4.69) is 10.5 Å². The first-order chi connectivity index (χ1) is 14.0. The Bertz CT molecular complexity index is 1130. The van der Waals surface area contributed by atoms with Crippen LogP contribution in [0.15, 0.2) is 50.1 Å². The van der Waals surface area contributed by atoms with E-state index in [1.807, 2.05) is 30.3 Å². The van der Waals surface area contributed by atoms with Crippen LogP contribution in [0.5, 0.6) is 5.75 Å². The summed E-state index contributed by atoms with van der Waals surface area (Å²) in [6.07, 6.45) is 1.57. The van der Waals surface area contributed by atoms with Crippen LogP contribution >= 0.6 is 0 Å². The topological polar surface area (TPSA) is 112 Å². The Labute approximate surface area is 165 Å². The Morgan fingerprint density at radius 2 is 1.90 bits per heavy atom. The lowest BCUT2D eigenvalue weighted by Crippen LogP contribution is -2.38. The van der Waals surface area contributed by atoms with Gasteiger partial charge in [-0.05, 0) is 42.7 Å². The van der Waals surface area contributed by atoms with Crippen molar-refractivity contribution in [2.75, 3.05) is 7.11 Å². The molecule has 29 heavy (non-hydrogen) atoms. The second-order valence-electron chi connectivity index (χ2n) is 6.70. The number of benzene rings is 1. The lowest BCUT2D eigenvalue weighted by molar-refractivity contribution is -0.120. The zero-order chi connectivity index (χ0) is 20.4. The highest BCUT2D eigenvalue weighted by Gasteiger charge is 2.27. The minimum atomic E-state index is -0.567. The predicted octanol–water partition coefficient (Wildman–Crippen LogP) is 2.29. The van der Waals surface area contributed by atoms with Crippen molar-refractivity contribution in [3.05, 3.63) is 69.5 Å². The fraction of sp³-hybridized carbons (Fsp3) is 0.238. The van der Waals surface area contributed by atoms with Gasteiger partial charge in [-0.2, -0.15) is 0 Å². The quantitative estimate of drug-likeness (QED) is 0.639. The van der Waals surface area contributed by atoms with Crippen LogP contribution in [0.25, 0.3) is 11.3 Å². The van der Waals surface area contributed by atoms with Crippen molar-refractivity contribution >= 4 is 11.8 Å². The molecule has 0 radical (unpaired) electrons. The standard InChI is InChI=1S/C21H18N2O6/c1-27-14-7-5-12(6-8-14)16-10-15(29-23-16)4-2-3-13-9-19(25)28-17-11-18(24)22-21(26)20(13)17/h5-10H,2-4,11H2,1H3,(H,22,24,26). The van der Waals surface area contributed by atoms with Crippen LogP contribution in [0, 0.1) is 0 Å². The van der Waals surface area contributed by atoms with Gasteiger partial charge in [0, 0.05) is 24.1 Å². The first-order valence-electron chi connectivity index (χ1n) is 9.13. The molecule has 1 aliphatic heterocycles. The van der Waals surface area contributed by atoms with E-state index in [4.69, 9.17) is 13.7 Å². The lowest BCUT2D eigenvalue weighted by Gasteiger charge is -2.16. The molecule has 4 rings (SSSR count). The number of hydrogen-bond acceptors (Lipinski definition) is 7. The molecular formula is C21H18N2O6. The molecule has 2 aromatic heterocycles. The van der Waals surface area contributed by atoms with Gasteiger partial charge in [0.05, 0.1) is 19.1 Å². The van der Waals surface area contributed by atoms with Gasteiger partial charge in [0.25, 0.3) is 5.91 Å². The highest BCUT2D eigenvalue weighted by atomic mass is 16.5. The van der Waals surface area contributed by atoms with E-state index in [0.717, 1.165) is 17.0 Å². The molecule has 8 nitrogen and oxygen atoms in total. The fourth-order valence-electron chi connectivity index (χ4n) is 3.35. The van der Waals surface area contributed by atoms with Crippen molar-refractivity contribution < 1.29 is 23.3 Å². The van der Waals surface area contributed by atoms with Crippen LogP contribution in [0.2, 0.25) is 0 Å². The van der Waals surface area contributed by atoms with Crippen molar-refractivity contribution in [1.29, 1.82) is 0 Å². The highest BCUT2D eigenvalue weighted by molar-refractivity contribution is 6.09. The maximum Gasteiger partial charge on any atom is 0.336 e. The van der Waals surface area contributed by atoms with Crippen molar-refractivity contribution in [3.8, 4) is 17.0 Å². The van der Waals surface area contributed by atoms with Crippen LogP contribution in [0.1, 0.15) is 33.9 Å². The van der Waals surface area contributed by atoms with Gasteiger partial charge in [-0.1, -0.05) is 5.16 Å². The van der Waals surface area contributed by atoms with Gasteiger partial charge in [0.2, 0.25) is 5.91 Å². The van der Waals surface area contributed by atoms with Crippen molar-refractivity contribution in [3.63, 3.8) is 0 Å². The number of nitrogens with zero attached hydrogens (tertiary/aromatic N) is 1. The van der Waals surface area contributed by atoms with Crippen LogP contribution in [0.4, 0.5) is 0 Å². The number of aryl methyl sites for hydroxylation is 2. The van der Waals surface area contributed by atoms with Gasteiger partial charge < -0.3 is 13.7 Å². The number of hydrogen-bond donors (Lipinski definition) is 1. The summed E-state index contributed by atoms with van der Waals surface area (Å²) in [5, 5.41) is 6.35. The zero-order valence-electron chi connectivity index (χ0n) is 15.7. The largest absolute Gasteiger partial charge is 0.497 e. The molecule has 3 heterocycles. The van der Waals surface area contributed by atoms with Crippen LogP contribution in [-0.4, -0.2) is 24.1 Å². The third kappa shape index (κ3) is 3.96. The number of ether oxygens (including phenoxy) is 1. The van der Waals surface area contributed by atoms with Crippen LogP contribution in [0.3, 0.4) is 0 Å². The van der Waals surface area contributed by atoms with E-state index in [1.54, 1.807) is 7.11 Å². The van der Waals surface area contributed by atoms with Crippen molar-refractivity contribution in [2.24, 2.45) is 0 Å². The summed E-state index contributed by atoms with van der Waals surface area (Å²) < 4.78 is 15.6. The Kier molecular flexibility index (Phi) is 4.99. The second kappa shape index (κ2) is 7.75. The van der Waals surface area contributed by atoms with E-state index in [1.165, 1.54) is 6.07 Å². The molecule has 3 aromatic rings. The average molecular weight is 394 g/mol. The summed E-state index contributed by atoms with van der Waals surface area (Å²) >= 11 is 0. The van der Waals surface area contributed by atoms with Gasteiger partial charge in [-0.3, -0.25) is 14.9 Å². The minimum Gasteiger partial charge on any atom is -0.497 e. The molecule has 148 valence electrons. The maximum absolute atomic E-state index is 12.1. The number of fused-ring (bicyclic) bond motifs is 1. The number of carbonyl (C=O) groups excluding carboxylic acids is 2. The molecular weight excluding hydrogens is 376 g/mol. The summed E-state index contributed by atoms with van der Waals surface area (Å²) in [6.45, 7) is 0. The van der Waals surface area contributed by atoms with Gasteiger partial charge in [-0.15, -0.1) is 0 Å². The van der Waals surface area contributed by atoms with E-state index in [0.29, 0.717) is 30.6 Å². The average Bonchev–Trinajstić information content (AvgIpc) is 3.16. The van der Waals surface area contributed by atoms with E-state index < -0.39 is 17.4 Å². The fourth-order valence-corrected chi connectivity index (χ4v) is 3.35. The first-order valence-corrected chi connectivity index (χ1v) is 9.13. The Hall–Kier alpha value is -3.68. The summed E-state index contributed by atoms with van der Waals surface area (Å²) in [6, 6.07) is 10.7. The maximum atomic E-state index is 12.1. The number of imide groups is 1. The van der Waals surface area contributed by atoms with Crippen molar-refractivity contribution in [1.82, 2.24) is 10.5 Å². The SMILES string of the molecule is COc1ccc(-c2cc(CCCc3cc(=O)oc4c3C(=O)NC(=O)C4)on2)cc1. The van der Waals surface area contributed by atoms with Gasteiger partial charge >= 0.3 is 5.63 Å². The van der Waals surface area contributed by atoms with Crippen LogP contribution < -0.4 is 15.7 Å². The molecule has 8 heteroatoms. The van der Waals surface area contributed by atoms with Crippen molar-refractivity contribution in [2.45, 2.75) is 25.7 Å². The smallest absolute Gasteiger partial charge is 0.336 e. The zero-order valence-corrected chi connectivity index (χ0v) is 15.7. The minimum absolute atomic E-state index is 0.114. The molecule has 0 aliphatic carbocycles. The highest BCUT2D eigenvalue weighted by Crippen LogP contribution is 2.23. The predicted molar refractivity (Wildman–Crippen MR) is 102 cm³/mol. The number of rotatable bonds is 6.